The first kappa shape index (κ1) is 12.6. The van der Waals surface area contributed by atoms with E-state index in [-0.39, 0.29) is 12.1 Å². The summed E-state index contributed by atoms with van der Waals surface area (Å²) in [5.74, 6) is 0.0674. The monoisotopic (exact) mass is 235 g/mol. The highest BCUT2D eigenvalue weighted by molar-refractivity contribution is 7.98. The summed E-state index contributed by atoms with van der Waals surface area (Å²) in [6.07, 6.45) is 0.697. The molecule has 1 aliphatic rings. The van der Waals surface area contributed by atoms with E-state index in [2.05, 4.69) is 5.32 Å². The Morgan fingerprint density at radius 2 is 2.40 bits per heavy atom. The van der Waals surface area contributed by atoms with E-state index in [1.807, 2.05) is 20.1 Å². The fourth-order valence-electron chi connectivity index (χ4n) is 1.49. The number of ether oxygens (including phenoxy) is 2. The van der Waals surface area contributed by atoms with Gasteiger partial charge in [0, 0.05) is 5.75 Å². The Morgan fingerprint density at radius 1 is 1.73 bits per heavy atom. The minimum atomic E-state index is -1.03. The van der Waals surface area contributed by atoms with Crippen molar-refractivity contribution in [1.29, 1.82) is 0 Å². The molecule has 1 aliphatic heterocycles. The van der Waals surface area contributed by atoms with Crippen LogP contribution in [-0.4, -0.2) is 47.7 Å². The fraction of sp³-hybridized carbons (Fsp3) is 0.889. The van der Waals surface area contributed by atoms with Gasteiger partial charge in [0.1, 0.15) is 6.10 Å². The van der Waals surface area contributed by atoms with Crippen molar-refractivity contribution in [3.63, 3.8) is 0 Å². The lowest BCUT2D eigenvalue weighted by molar-refractivity contribution is -0.140. The third-order valence-corrected chi connectivity index (χ3v) is 2.83. The van der Waals surface area contributed by atoms with E-state index in [4.69, 9.17) is 14.6 Å². The molecule has 1 amide bonds. The van der Waals surface area contributed by atoms with Gasteiger partial charge in [-0.1, -0.05) is 0 Å². The van der Waals surface area contributed by atoms with Crippen LogP contribution in [0.15, 0.2) is 0 Å². The molecule has 0 bridgehead atoms. The fourth-order valence-corrected chi connectivity index (χ4v) is 2.15. The molecule has 0 spiro atoms. The van der Waals surface area contributed by atoms with Gasteiger partial charge in [0.2, 0.25) is 0 Å². The van der Waals surface area contributed by atoms with Crippen molar-refractivity contribution in [2.45, 2.75) is 31.8 Å². The molecule has 1 heterocycles. The van der Waals surface area contributed by atoms with Crippen LogP contribution in [-0.2, 0) is 9.47 Å². The zero-order chi connectivity index (χ0) is 11.5. The minimum absolute atomic E-state index is 0.205. The van der Waals surface area contributed by atoms with Crippen LogP contribution in [0, 0.1) is 0 Å². The summed E-state index contributed by atoms with van der Waals surface area (Å²) in [4.78, 5) is 10.6. The molecule has 1 fully saturated rings. The maximum Gasteiger partial charge on any atom is 0.404 e. The second-order valence-electron chi connectivity index (χ2n) is 3.88. The Hall–Kier alpha value is -0.460. The van der Waals surface area contributed by atoms with Crippen molar-refractivity contribution in [3.05, 3.63) is 0 Å². The van der Waals surface area contributed by atoms with Gasteiger partial charge >= 0.3 is 6.09 Å². The topological polar surface area (TPSA) is 67.8 Å². The molecule has 0 aromatic rings. The van der Waals surface area contributed by atoms with Crippen LogP contribution in [0.3, 0.4) is 0 Å². The SMILES string of the molecule is CSC[C@H](NC(=O)O)[C@@H]1COC(C)(C)O1. The van der Waals surface area contributed by atoms with Gasteiger partial charge < -0.3 is 19.9 Å². The van der Waals surface area contributed by atoms with Gasteiger partial charge in [0.25, 0.3) is 0 Å². The summed E-state index contributed by atoms with van der Waals surface area (Å²) in [5, 5.41) is 11.1. The van der Waals surface area contributed by atoms with Crippen molar-refractivity contribution < 1.29 is 19.4 Å². The molecule has 1 rings (SSSR count). The van der Waals surface area contributed by atoms with Gasteiger partial charge in [-0.15, -0.1) is 0 Å². The normalized spacial score (nSPS) is 26.2. The molecular weight excluding hydrogens is 218 g/mol. The van der Waals surface area contributed by atoms with Crippen LogP contribution < -0.4 is 5.32 Å². The summed E-state index contributed by atoms with van der Waals surface area (Å²) < 4.78 is 11.0. The lowest BCUT2D eigenvalue weighted by Crippen LogP contribution is -2.46. The van der Waals surface area contributed by atoms with Crippen LogP contribution >= 0.6 is 11.8 Å². The molecule has 0 radical (unpaired) electrons. The van der Waals surface area contributed by atoms with Gasteiger partial charge in [0.15, 0.2) is 5.79 Å². The van der Waals surface area contributed by atoms with E-state index in [1.165, 1.54) is 0 Å². The Morgan fingerprint density at radius 3 is 2.80 bits per heavy atom. The Kier molecular flexibility index (Phi) is 4.24. The van der Waals surface area contributed by atoms with E-state index in [9.17, 15) is 4.79 Å². The maximum absolute atomic E-state index is 10.6. The smallest absolute Gasteiger partial charge is 0.404 e. The molecule has 2 atom stereocenters. The highest BCUT2D eigenvalue weighted by Crippen LogP contribution is 2.25. The molecule has 88 valence electrons. The Bertz CT molecular complexity index is 234. The molecular formula is C9H17NO4S. The lowest BCUT2D eigenvalue weighted by Gasteiger charge is -2.23. The molecule has 0 aliphatic carbocycles. The molecule has 6 heteroatoms. The highest BCUT2D eigenvalue weighted by Gasteiger charge is 2.37. The first-order valence-corrected chi connectivity index (χ1v) is 6.14. The van der Waals surface area contributed by atoms with Crippen LogP contribution in [0.1, 0.15) is 13.8 Å². The third kappa shape index (κ3) is 3.89. The lowest BCUT2D eigenvalue weighted by atomic mass is 10.2. The summed E-state index contributed by atoms with van der Waals surface area (Å²) >= 11 is 1.58. The molecule has 0 unspecified atom stereocenters. The summed E-state index contributed by atoms with van der Waals surface area (Å²) in [6, 6.07) is -0.223. The zero-order valence-electron chi connectivity index (χ0n) is 9.15. The van der Waals surface area contributed by atoms with E-state index < -0.39 is 11.9 Å². The minimum Gasteiger partial charge on any atom is -0.465 e. The number of hydrogen-bond donors (Lipinski definition) is 2. The number of amides is 1. The number of nitrogens with one attached hydrogen (secondary N) is 1. The number of hydrogen-bond acceptors (Lipinski definition) is 4. The van der Waals surface area contributed by atoms with Crippen LogP contribution in [0.2, 0.25) is 0 Å². The molecule has 15 heavy (non-hydrogen) atoms. The predicted octanol–water partition coefficient (Wildman–Crippen LogP) is 1.14. The van der Waals surface area contributed by atoms with Crippen molar-refractivity contribution in [2.24, 2.45) is 0 Å². The summed E-state index contributed by atoms with van der Waals surface area (Å²) in [7, 11) is 0. The van der Waals surface area contributed by atoms with E-state index in [0.29, 0.717) is 12.4 Å². The third-order valence-electron chi connectivity index (χ3n) is 2.13. The summed E-state index contributed by atoms with van der Waals surface area (Å²) in [5.41, 5.74) is 0. The van der Waals surface area contributed by atoms with Crippen LogP contribution in [0.5, 0.6) is 0 Å². The van der Waals surface area contributed by atoms with E-state index in [0.717, 1.165) is 0 Å². The number of rotatable bonds is 4. The van der Waals surface area contributed by atoms with E-state index >= 15 is 0 Å². The molecule has 1 saturated heterocycles. The van der Waals surface area contributed by atoms with Gasteiger partial charge in [-0.3, -0.25) is 0 Å². The maximum atomic E-state index is 10.6. The standard InChI is InChI=1S/C9H17NO4S/c1-9(2)13-4-7(14-9)6(5-15-3)10-8(11)12/h6-7,10H,4-5H2,1-3H3,(H,11,12)/t6-,7-/m0/s1. The molecule has 2 N–H and O–H groups in total. The van der Waals surface area contributed by atoms with Gasteiger partial charge in [-0.2, -0.15) is 11.8 Å². The Balaban J connectivity index is 2.53. The van der Waals surface area contributed by atoms with Crippen LogP contribution in [0.25, 0.3) is 0 Å². The summed E-state index contributed by atoms with van der Waals surface area (Å²) in [6.45, 7) is 4.08. The van der Waals surface area contributed by atoms with Gasteiger partial charge in [-0.05, 0) is 20.1 Å². The van der Waals surface area contributed by atoms with Crippen molar-refractivity contribution >= 4 is 17.9 Å². The van der Waals surface area contributed by atoms with Crippen LogP contribution in [0.4, 0.5) is 4.79 Å². The van der Waals surface area contributed by atoms with Crippen molar-refractivity contribution in [3.8, 4) is 0 Å². The molecule has 5 nitrogen and oxygen atoms in total. The first-order valence-electron chi connectivity index (χ1n) is 4.75. The molecule has 0 saturated carbocycles. The Labute approximate surface area is 93.5 Å². The van der Waals surface area contributed by atoms with E-state index in [1.54, 1.807) is 11.8 Å². The average Bonchev–Trinajstić information content (AvgIpc) is 2.44. The second kappa shape index (κ2) is 5.05. The predicted molar refractivity (Wildman–Crippen MR) is 58.2 cm³/mol. The largest absolute Gasteiger partial charge is 0.465 e. The van der Waals surface area contributed by atoms with Crippen molar-refractivity contribution in [2.75, 3.05) is 18.6 Å². The zero-order valence-corrected chi connectivity index (χ0v) is 9.97. The van der Waals surface area contributed by atoms with Crippen molar-refractivity contribution in [1.82, 2.24) is 5.32 Å². The first-order chi connectivity index (χ1) is 6.94. The second-order valence-corrected chi connectivity index (χ2v) is 4.79. The molecule has 0 aromatic carbocycles. The molecule has 0 aromatic heterocycles. The van der Waals surface area contributed by atoms with Gasteiger partial charge in [-0.25, -0.2) is 4.79 Å². The highest BCUT2D eigenvalue weighted by atomic mass is 32.2. The average molecular weight is 235 g/mol. The quantitative estimate of drug-likeness (QED) is 0.764. The number of carbonyl (C=O) groups is 1. The number of carboxylic acid groups (broad SMARTS) is 1. The number of thioether (sulfide) groups is 1. The van der Waals surface area contributed by atoms with Gasteiger partial charge in [0.05, 0.1) is 12.6 Å².